The summed E-state index contributed by atoms with van der Waals surface area (Å²) < 4.78 is 0. The van der Waals surface area contributed by atoms with E-state index in [0.717, 1.165) is 17.0 Å². The SMILES string of the molecule is Cc1cccc(Cc2ccc(Cl)cc2Cl)c1C. The first kappa shape index (κ1) is 12.5. The second-order valence-corrected chi connectivity index (χ2v) is 5.12. The van der Waals surface area contributed by atoms with E-state index in [9.17, 15) is 0 Å². The first-order chi connectivity index (χ1) is 8.08. The quantitative estimate of drug-likeness (QED) is 0.700. The van der Waals surface area contributed by atoms with Crippen LogP contribution in [-0.2, 0) is 6.42 Å². The predicted octanol–water partition coefficient (Wildman–Crippen LogP) is 5.20. The van der Waals surface area contributed by atoms with Crippen LogP contribution < -0.4 is 0 Å². The molecule has 0 saturated carbocycles. The molecule has 0 aliphatic rings. The van der Waals surface area contributed by atoms with Crippen LogP contribution in [0.3, 0.4) is 0 Å². The van der Waals surface area contributed by atoms with Crippen LogP contribution in [0.1, 0.15) is 22.3 Å². The Morgan fingerprint density at radius 3 is 2.41 bits per heavy atom. The second kappa shape index (κ2) is 5.12. The number of benzene rings is 2. The third-order valence-electron chi connectivity index (χ3n) is 3.11. The van der Waals surface area contributed by atoms with Crippen molar-refractivity contribution in [1.82, 2.24) is 0 Å². The van der Waals surface area contributed by atoms with E-state index in [-0.39, 0.29) is 0 Å². The second-order valence-electron chi connectivity index (χ2n) is 4.27. The summed E-state index contributed by atoms with van der Waals surface area (Å²) in [7, 11) is 0. The lowest BCUT2D eigenvalue weighted by Gasteiger charge is -2.10. The maximum Gasteiger partial charge on any atom is 0.0456 e. The molecule has 0 fully saturated rings. The number of rotatable bonds is 2. The van der Waals surface area contributed by atoms with Gasteiger partial charge in [0.2, 0.25) is 0 Å². The fraction of sp³-hybridized carbons (Fsp3) is 0.200. The van der Waals surface area contributed by atoms with E-state index in [1.165, 1.54) is 16.7 Å². The molecule has 0 atom stereocenters. The molecule has 2 rings (SSSR count). The van der Waals surface area contributed by atoms with Gasteiger partial charge in [-0.1, -0.05) is 47.5 Å². The zero-order chi connectivity index (χ0) is 12.4. The summed E-state index contributed by atoms with van der Waals surface area (Å²) >= 11 is 12.1. The summed E-state index contributed by atoms with van der Waals surface area (Å²) in [6.45, 7) is 4.27. The lowest BCUT2D eigenvalue weighted by Crippen LogP contribution is -1.94. The van der Waals surface area contributed by atoms with E-state index in [1.807, 2.05) is 12.1 Å². The molecule has 0 nitrogen and oxygen atoms in total. The fourth-order valence-electron chi connectivity index (χ4n) is 1.87. The lowest BCUT2D eigenvalue weighted by molar-refractivity contribution is 1.14. The fourth-order valence-corrected chi connectivity index (χ4v) is 2.35. The molecule has 0 radical (unpaired) electrons. The van der Waals surface area contributed by atoms with Gasteiger partial charge in [0.25, 0.3) is 0 Å². The summed E-state index contributed by atoms with van der Waals surface area (Å²) in [6, 6.07) is 12.0. The van der Waals surface area contributed by atoms with Crippen molar-refractivity contribution in [2.75, 3.05) is 0 Å². The average Bonchev–Trinajstić information content (AvgIpc) is 2.28. The highest BCUT2D eigenvalue weighted by molar-refractivity contribution is 6.35. The molecule has 0 saturated heterocycles. The summed E-state index contributed by atoms with van der Waals surface area (Å²) in [5, 5.41) is 1.41. The standard InChI is InChI=1S/C15H14Cl2/c1-10-4-3-5-12(11(10)2)8-13-6-7-14(16)9-15(13)17/h3-7,9H,8H2,1-2H3. The van der Waals surface area contributed by atoms with Crippen molar-refractivity contribution in [2.45, 2.75) is 20.3 Å². The van der Waals surface area contributed by atoms with Crippen molar-refractivity contribution in [3.05, 3.63) is 68.7 Å². The maximum absolute atomic E-state index is 6.19. The molecule has 0 aromatic heterocycles. The zero-order valence-corrected chi connectivity index (χ0v) is 11.4. The van der Waals surface area contributed by atoms with Crippen molar-refractivity contribution in [1.29, 1.82) is 0 Å². The monoisotopic (exact) mass is 264 g/mol. The van der Waals surface area contributed by atoms with Gasteiger partial charge in [0.1, 0.15) is 0 Å². The highest BCUT2D eigenvalue weighted by Gasteiger charge is 2.05. The van der Waals surface area contributed by atoms with Gasteiger partial charge in [-0.05, 0) is 54.7 Å². The van der Waals surface area contributed by atoms with E-state index in [1.54, 1.807) is 6.07 Å². The van der Waals surface area contributed by atoms with Gasteiger partial charge in [-0.15, -0.1) is 0 Å². The Kier molecular flexibility index (Phi) is 3.76. The van der Waals surface area contributed by atoms with Crippen LogP contribution in [0.25, 0.3) is 0 Å². The predicted molar refractivity (Wildman–Crippen MR) is 75.2 cm³/mol. The third kappa shape index (κ3) is 2.83. The largest absolute Gasteiger partial charge is 0.0843 e. The molecule has 2 aromatic rings. The van der Waals surface area contributed by atoms with Crippen LogP contribution in [0.2, 0.25) is 10.0 Å². The van der Waals surface area contributed by atoms with Crippen LogP contribution in [0.4, 0.5) is 0 Å². The molecule has 2 aromatic carbocycles. The summed E-state index contributed by atoms with van der Waals surface area (Å²) in [5.74, 6) is 0. The molecule has 0 bridgehead atoms. The van der Waals surface area contributed by atoms with Crippen molar-refractivity contribution in [3.63, 3.8) is 0 Å². The molecular formula is C15H14Cl2. The van der Waals surface area contributed by atoms with Gasteiger partial charge in [0, 0.05) is 10.0 Å². The average molecular weight is 265 g/mol. The third-order valence-corrected chi connectivity index (χ3v) is 3.70. The Labute approximate surface area is 112 Å². The topological polar surface area (TPSA) is 0 Å². The van der Waals surface area contributed by atoms with Gasteiger partial charge < -0.3 is 0 Å². The molecule has 2 heteroatoms. The van der Waals surface area contributed by atoms with Crippen molar-refractivity contribution in [2.24, 2.45) is 0 Å². The number of aryl methyl sites for hydroxylation is 1. The van der Waals surface area contributed by atoms with Crippen LogP contribution >= 0.6 is 23.2 Å². The first-order valence-corrected chi connectivity index (χ1v) is 6.32. The molecule has 0 aliphatic heterocycles. The Hall–Kier alpha value is -0.980. The minimum absolute atomic E-state index is 0.680. The van der Waals surface area contributed by atoms with Crippen LogP contribution in [0.5, 0.6) is 0 Å². The lowest BCUT2D eigenvalue weighted by atomic mass is 9.97. The Bertz CT molecular complexity index is 545. The van der Waals surface area contributed by atoms with Crippen LogP contribution in [0.15, 0.2) is 36.4 Å². The minimum Gasteiger partial charge on any atom is -0.0843 e. The van der Waals surface area contributed by atoms with Gasteiger partial charge in [-0.25, -0.2) is 0 Å². The number of hydrogen-bond donors (Lipinski definition) is 0. The van der Waals surface area contributed by atoms with E-state index < -0.39 is 0 Å². The molecule has 17 heavy (non-hydrogen) atoms. The molecule has 0 unspecified atom stereocenters. The summed E-state index contributed by atoms with van der Waals surface area (Å²) in [4.78, 5) is 0. The highest BCUT2D eigenvalue weighted by Crippen LogP contribution is 2.25. The van der Waals surface area contributed by atoms with E-state index in [2.05, 4.69) is 32.0 Å². The van der Waals surface area contributed by atoms with Crippen molar-refractivity contribution >= 4 is 23.2 Å². The Balaban J connectivity index is 2.35. The van der Waals surface area contributed by atoms with Crippen molar-refractivity contribution < 1.29 is 0 Å². The smallest absolute Gasteiger partial charge is 0.0456 e. The summed E-state index contributed by atoms with van der Waals surface area (Å²) in [5.41, 5.74) is 5.07. The van der Waals surface area contributed by atoms with Gasteiger partial charge in [-0.3, -0.25) is 0 Å². The van der Waals surface area contributed by atoms with E-state index in [4.69, 9.17) is 23.2 Å². The molecule has 0 N–H and O–H groups in total. The number of hydrogen-bond acceptors (Lipinski definition) is 0. The number of halogens is 2. The Morgan fingerprint density at radius 2 is 1.71 bits per heavy atom. The molecule has 0 heterocycles. The molecule has 88 valence electrons. The van der Waals surface area contributed by atoms with Gasteiger partial charge >= 0.3 is 0 Å². The normalized spacial score (nSPS) is 10.6. The highest BCUT2D eigenvalue weighted by atomic mass is 35.5. The maximum atomic E-state index is 6.19. The molecule has 0 spiro atoms. The van der Waals surface area contributed by atoms with Gasteiger partial charge in [0.05, 0.1) is 0 Å². The first-order valence-electron chi connectivity index (χ1n) is 5.57. The van der Waals surface area contributed by atoms with Gasteiger partial charge in [0.15, 0.2) is 0 Å². The summed E-state index contributed by atoms with van der Waals surface area (Å²) in [6.07, 6.45) is 0.851. The molecule has 0 aliphatic carbocycles. The van der Waals surface area contributed by atoms with E-state index >= 15 is 0 Å². The van der Waals surface area contributed by atoms with Gasteiger partial charge in [-0.2, -0.15) is 0 Å². The van der Waals surface area contributed by atoms with Crippen LogP contribution in [0, 0.1) is 13.8 Å². The Morgan fingerprint density at radius 1 is 0.941 bits per heavy atom. The molecule has 0 amide bonds. The van der Waals surface area contributed by atoms with E-state index in [0.29, 0.717) is 5.02 Å². The van der Waals surface area contributed by atoms with Crippen molar-refractivity contribution in [3.8, 4) is 0 Å². The minimum atomic E-state index is 0.680. The van der Waals surface area contributed by atoms with Crippen LogP contribution in [-0.4, -0.2) is 0 Å². The zero-order valence-electron chi connectivity index (χ0n) is 9.93. The molecular weight excluding hydrogens is 251 g/mol.